The van der Waals surface area contributed by atoms with E-state index in [0.29, 0.717) is 24.5 Å². The average molecular weight is 446 g/mol. The minimum Gasteiger partial charge on any atom is -0.406 e. The van der Waals surface area contributed by atoms with Crippen LogP contribution in [0.15, 0.2) is 41.4 Å². The molecule has 0 bridgehead atoms. The van der Waals surface area contributed by atoms with E-state index in [4.69, 9.17) is 0 Å². The molecule has 1 aliphatic rings. The van der Waals surface area contributed by atoms with Gasteiger partial charge in [-0.25, -0.2) is 13.4 Å². The summed E-state index contributed by atoms with van der Waals surface area (Å²) in [6, 6.07) is 5.41. The Morgan fingerprint density at radius 2 is 1.73 bits per heavy atom. The summed E-state index contributed by atoms with van der Waals surface area (Å²) in [5.41, 5.74) is 0.469. The second-order valence-corrected chi connectivity index (χ2v) is 8.44. The van der Waals surface area contributed by atoms with Gasteiger partial charge in [0.15, 0.2) is 0 Å². The lowest BCUT2D eigenvalue weighted by molar-refractivity contribution is -0.385. The fraction of sp³-hybridized carbons (Fsp3) is 0.353. The maximum atomic E-state index is 12.8. The van der Waals surface area contributed by atoms with Gasteiger partial charge >= 0.3 is 6.36 Å². The number of halogens is 3. The molecule has 1 aliphatic heterocycles. The van der Waals surface area contributed by atoms with Crippen molar-refractivity contribution in [1.82, 2.24) is 9.29 Å². The first-order chi connectivity index (χ1) is 14.0. The number of anilines is 1. The van der Waals surface area contributed by atoms with E-state index >= 15 is 0 Å². The van der Waals surface area contributed by atoms with Crippen LogP contribution in [-0.4, -0.2) is 55.2 Å². The number of hydrogen-bond donors (Lipinski definition) is 0. The quantitative estimate of drug-likeness (QED) is 0.514. The summed E-state index contributed by atoms with van der Waals surface area (Å²) in [4.78, 5) is 16.1. The molecule has 1 fully saturated rings. The highest BCUT2D eigenvalue weighted by molar-refractivity contribution is 7.89. The highest BCUT2D eigenvalue weighted by Gasteiger charge is 2.32. The van der Waals surface area contributed by atoms with Gasteiger partial charge in [0.25, 0.3) is 5.69 Å². The van der Waals surface area contributed by atoms with Crippen molar-refractivity contribution in [2.24, 2.45) is 0 Å². The summed E-state index contributed by atoms with van der Waals surface area (Å²) in [5, 5.41) is 10.8. The first kappa shape index (κ1) is 21.8. The van der Waals surface area contributed by atoms with Gasteiger partial charge in [-0.05, 0) is 36.8 Å². The van der Waals surface area contributed by atoms with Crippen molar-refractivity contribution in [1.29, 1.82) is 0 Å². The van der Waals surface area contributed by atoms with Crippen molar-refractivity contribution in [3.8, 4) is 5.75 Å². The van der Waals surface area contributed by atoms with Gasteiger partial charge in [0.05, 0.1) is 9.82 Å². The molecule has 0 saturated carbocycles. The number of ether oxygens (including phenoxy) is 1. The van der Waals surface area contributed by atoms with E-state index in [1.807, 2.05) is 4.90 Å². The number of alkyl halides is 3. The monoisotopic (exact) mass is 446 g/mol. The van der Waals surface area contributed by atoms with E-state index < -0.39 is 27.1 Å². The van der Waals surface area contributed by atoms with Crippen LogP contribution in [0.5, 0.6) is 5.75 Å². The van der Waals surface area contributed by atoms with E-state index in [0.717, 1.165) is 30.5 Å². The number of aromatic nitrogens is 1. The summed E-state index contributed by atoms with van der Waals surface area (Å²) < 4.78 is 67.2. The lowest BCUT2D eigenvalue weighted by atomic mass is 10.2. The smallest absolute Gasteiger partial charge is 0.406 e. The Morgan fingerprint density at radius 1 is 1.13 bits per heavy atom. The third kappa shape index (κ3) is 4.79. The Morgan fingerprint density at radius 3 is 2.23 bits per heavy atom. The van der Waals surface area contributed by atoms with E-state index in [1.165, 1.54) is 10.4 Å². The molecule has 1 saturated heterocycles. The van der Waals surface area contributed by atoms with Gasteiger partial charge in [0.1, 0.15) is 17.8 Å². The minimum atomic E-state index is -4.86. The highest BCUT2D eigenvalue weighted by Crippen LogP contribution is 2.27. The van der Waals surface area contributed by atoms with Gasteiger partial charge in [-0.3, -0.25) is 10.1 Å². The van der Waals surface area contributed by atoms with Gasteiger partial charge in [0, 0.05) is 32.2 Å². The van der Waals surface area contributed by atoms with Crippen LogP contribution in [0, 0.1) is 17.0 Å². The minimum absolute atomic E-state index is 0.126. The van der Waals surface area contributed by atoms with E-state index in [-0.39, 0.29) is 23.7 Å². The molecule has 0 amide bonds. The van der Waals surface area contributed by atoms with Crippen LogP contribution >= 0.6 is 0 Å². The number of benzene rings is 1. The van der Waals surface area contributed by atoms with Crippen LogP contribution in [0.4, 0.5) is 24.7 Å². The third-order valence-electron chi connectivity index (χ3n) is 4.48. The summed E-state index contributed by atoms with van der Waals surface area (Å²) in [7, 11) is -3.90. The Hall–Kier alpha value is -2.93. The molecule has 9 nitrogen and oxygen atoms in total. The van der Waals surface area contributed by atoms with Gasteiger partial charge in [-0.15, -0.1) is 13.2 Å². The van der Waals surface area contributed by atoms with Crippen LogP contribution < -0.4 is 9.64 Å². The Labute approximate surface area is 169 Å². The number of piperazine rings is 1. The number of nitro groups is 1. The zero-order chi connectivity index (χ0) is 22.1. The molecular weight excluding hydrogens is 429 g/mol. The second-order valence-electron chi connectivity index (χ2n) is 6.50. The molecule has 0 spiro atoms. The van der Waals surface area contributed by atoms with Gasteiger partial charge in [-0.1, -0.05) is 0 Å². The fourth-order valence-corrected chi connectivity index (χ4v) is 4.51. The number of pyridine rings is 1. The van der Waals surface area contributed by atoms with E-state index in [1.54, 1.807) is 6.92 Å². The molecule has 162 valence electrons. The van der Waals surface area contributed by atoms with Crippen molar-refractivity contribution < 1.29 is 31.2 Å². The Balaban J connectivity index is 1.69. The zero-order valence-corrected chi connectivity index (χ0v) is 16.5. The van der Waals surface area contributed by atoms with Crippen molar-refractivity contribution in [2.75, 3.05) is 31.1 Å². The van der Waals surface area contributed by atoms with Crippen LogP contribution in [0.25, 0.3) is 0 Å². The average Bonchev–Trinajstić information content (AvgIpc) is 2.67. The number of rotatable bonds is 5. The van der Waals surface area contributed by atoms with Crippen LogP contribution in [0.3, 0.4) is 0 Å². The van der Waals surface area contributed by atoms with Gasteiger partial charge < -0.3 is 9.64 Å². The molecule has 2 heterocycles. The first-order valence-electron chi connectivity index (χ1n) is 8.69. The molecule has 0 aliphatic carbocycles. The topological polar surface area (TPSA) is 106 Å². The van der Waals surface area contributed by atoms with Gasteiger partial charge in [-0.2, -0.15) is 4.31 Å². The normalized spacial score (nSPS) is 15.8. The predicted octanol–water partition coefficient (Wildman–Crippen LogP) is 2.71. The van der Waals surface area contributed by atoms with Crippen molar-refractivity contribution >= 4 is 21.5 Å². The van der Waals surface area contributed by atoms with Crippen molar-refractivity contribution in [3.63, 3.8) is 0 Å². The van der Waals surface area contributed by atoms with Crippen LogP contribution in [-0.2, 0) is 10.0 Å². The molecule has 0 N–H and O–H groups in total. The third-order valence-corrected chi connectivity index (χ3v) is 6.39. The first-order valence-corrected chi connectivity index (χ1v) is 10.1. The SMILES string of the molecule is Cc1cc([N+](=O)[O-])cnc1N1CCN(S(=O)(=O)c2ccc(OC(F)(F)F)cc2)CC1. The van der Waals surface area contributed by atoms with Crippen LogP contribution in [0.2, 0.25) is 0 Å². The Kier molecular flexibility index (Phi) is 5.85. The fourth-order valence-electron chi connectivity index (χ4n) is 3.09. The summed E-state index contributed by atoms with van der Waals surface area (Å²) in [6.07, 6.45) is -3.71. The molecular formula is C17H17F3N4O5S. The number of aryl methyl sites for hydroxylation is 1. The molecule has 0 unspecified atom stereocenters. The Bertz CT molecular complexity index is 1040. The maximum Gasteiger partial charge on any atom is 0.573 e. The second kappa shape index (κ2) is 8.07. The predicted molar refractivity (Wildman–Crippen MR) is 99.7 cm³/mol. The molecule has 1 aromatic heterocycles. The summed E-state index contributed by atoms with van der Waals surface area (Å²) in [5.74, 6) is 0.0253. The van der Waals surface area contributed by atoms with Crippen molar-refractivity contribution in [3.05, 3.63) is 52.2 Å². The van der Waals surface area contributed by atoms with Crippen LogP contribution in [0.1, 0.15) is 5.56 Å². The molecule has 2 aromatic rings. The lowest BCUT2D eigenvalue weighted by Crippen LogP contribution is -2.49. The molecule has 13 heteroatoms. The summed E-state index contributed by atoms with van der Waals surface area (Å²) >= 11 is 0. The maximum absolute atomic E-state index is 12.8. The molecule has 0 atom stereocenters. The molecule has 1 aromatic carbocycles. The number of nitrogens with zero attached hydrogens (tertiary/aromatic N) is 4. The molecule has 3 rings (SSSR count). The number of sulfonamides is 1. The summed E-state index contributed by atoms with van der Waals surface area (Å²) in [6.45, 7) is 2.55. The largest absolute Gasteiger partial charge is 0.573 e. The standard InChI is InChI=1S/C17H17F3N4O5S/c1-12-10-13(24(25)26)11-21-16(12)22-6-8-23(9-7-22)30(27,28)15-4-2-14(3-5-15)29-17(18,19)20/h2-5,10-11H,6-9H2,1H3. The van der Waals surface area contributed by atoms with Crippen molar-refractivity contribution in [2.45, 2.75) is 18.2 Å². The number of hydrogen-bond acceptors (Lipinski definition) is 7. The molecule has 0 radical (unpaired) electrons. The zero-order valence-electron chi connectivity index (χ0n) is 15.7. The molecule has 30 heavy (non-hydrogen) atoms. The van der Waals surface area contributed by atoms with E-state index in [2.05, 4.69) is 9.72 Å². The highest BCUT2D eigenvalue weighted by atomic mass is 32.2. The van der Waals surface area contributed by atoms with Gasteiger partial charge in [0.2, 0.25) is 10.0 Å². The van der Waals surface area contributed by atoms with E-state index in [9.17, 15) is 31.7 Å². The lowest BCUT2D eigenvalue weighted by Gasteiger charge is -2.35.